The number of benzene rings is 1. The van der Waals surface area contributed by atoms with E-state index < -0.39 is 30.9 Å². The summed E-state index contributed by atoms with van der Waals surface area (Å²) < 4.78 is 66.7. The van der Waals surface area contributed by atoms with Gasteiger partial charge in [-0.3, -0.25) is 15.0 Å². The zero-order valence-electron chi connectivity index (χ0n) is 16.1. The average molecular weight is 439 g/mol. The van der Waals surface area contributed by atoms with E-state index in [1.165, 1.54) is 0 Å². The van der Waals surface area contributed by atoms with Crippen LogP contribution in [0.4, 0.5) is 24.5 Å². The van der Waals surface area contributed by atoms with Crippen LogP contribution in [0, 0.1) is 16.0 Å². The molecule has 0 radical (unpaired) electrons. The van der Waals surface area contributed by atoms with E-state index in [-0.39, 0.29) is 11.7 Å². The highest BCUT2D eigenvalue weighted by atomic mass is 32.2. The second-order valence-electron chi connectivity index (χ2n) is 7.20. The molecule has 1 heterocycles. The minimum atomic E-state index is -5.67. The van der Waals surface area contributed by atoms with Crippen LogP contribution >= 0.6 is 0 Å². The molecule has 1 unspecified atom stereocenters. The van der Waals surface area contributed by atoms with Crippen molar-refractivity contribution in [2.75, 3.05) is 38.2 Å². The summed E-state index contributed by atoms with van der Waals surface area (Å²) in [5.74, 6) is 0.360. The molecule has 164 valence electrons. The third-order valence-corrected chi connectivity index (χ3v) is 6.10. The third kappa shape index (κ3) is 5.80. The molecule has 0 bridgehead atoms. The zero-order valence-corrected chi connectivity index (χ0v) is 16.9. The second-order valence-corrected chi connectivity index (χ2v) is 9.14. The molecule has 0 amide bonds. The lowest BCUT2D eigenvalue weighted by Crippen LogP contribution is -2.47. The van der Waals surface area contributed by atoms with Gasteiger partial charge in [-0.25, -0.2) is 8.42 Å². The van der Waals surface area contributed by atoms with Crippen molar-refractivity contribution in [2.45, 2.75) is 36.7 Å². The molecule has 1 saturated heterocycles. The van der Waals surface area contributed by atoms with Gasteiger partial charge in [-0.05, 0) is 24.5 Å². The van der Waals surface area contributed by atoms with Crippen LogP contribution in [-0.4, -0.2) is 62.6 Å². The SMILES string of the molecule is CC(C)CC(CNc1ccc(S(=O)(=O)C(F)(F)F)cc1[N+](=O)[O-])N1CCOCC1. The summed E-state index contributed by atoms with van der Waals surface area (Å²) in [6.07, 6.45) is 0.807. The van der Waals surface area contributed by atoms with E-state index in [0.29, 0.717) is 44.8 Å². The summed E-state index contributed by atoms with van der Waals surface area (Å²) in [6.45, 7) is 7.01. The fraction of sp³-hybridized carbons (Fsp3) is 0.647. The standard InChI is InChI=1S/C17H24F3N3O5S/c1-12(2)9-13(22-5-7-28-8-6-22)11-21-15-4-3-14(10-16(15)23(24)25)29(26,27)17(18,19)20/h3-4,10,12-13,21H,5-9,11H2,1-2H3. The Labute approximate surface area is 167 Å². The Morgan fingerprint density at radius 1 is 1.28 bits per heavy atom. The lowest BCUT2D eigenvalue weighted by Gasteiger charge is -2.35. The molecule has 8 nitrogen and oxygen atoms in total. The van der Waals surface area contributed by atoms with Gasteiger partial charge in [0.15, 0.2) is 0 Å². The molecule has 1 aliphatic rings. The molecule has 1 N–H and O–H groups in total. The van der Waals surface area contributed by atoms with Gasteiger partial charge in [0.2, 0.25) is 0 Å². The van der Waals surface area contributed by atoms with Gasteiger partial charge < -0.3 is 10.1 Å². The lowest BCUT2D eigenvalue weighted by atomic mass is 10.0. The number of sulfone groups is 1. The van der Waals surface area contributed by atoms with E-state index >= 15 is 0 Å². The summed E-state index contributed by atoms with van der Waals surface area (Å²) >= 11 is 0. The summed E-state index contributed by atoms with van der Waals surface area (Å²) in [4.78, 5) is 11.5. The first-order chi connectivity index (χ1) is 13.4. The van der Waals surface area contributed by atoms with Gasteiger partial charge >= 0.3 is 5.51 Å². The van der Waals surface area contributed by atoms with Crippen LogP contribution in [0.3, 0.4) is 0 Å². The number of ether oxygens (including phenoxy) is 1. The molecule has 1 aliphatic heterocycles. The van der Waals surface area contributed by atoms with Crippen molar-refractivity contribution >= 4 is 21.2 Å². The number of nitro groups is 1. The van der Waals surface area contributed by atoms with Crippen molar-refractivity contribution in [3.63, 3.8) is 0 Å². The van der Waals surface area contributed by atoms with Crippen LogP contribution in [0.25, 0.3) is 0 Å². The Kier molecular flexibility index (Phi) is 7.46. The molecule has 1 aromatic rings. The molecular formula is C17H24F3N3O5S. The molecule has 0 spiro atoms. The Morgan fingerprint density at radius 2 is 1.90 bits per heavy atom. The number of nitro benzene ring substituents is 1. The number of alkyl halides is 3. The second kappa shape index (κ2) is 9.26. The smallest absolute Gasteiger partial charge is 0.379 e. The van der Waals surface area contributed by atoms with E-state index in [0.717, 1.165) is 18.6 Å². The lowest BCUT2D eigenvalue weighted by molar-refractivity contribution is -0.384. The Hall–Kier alpha value is -1.92. The van der Waals surface area contributed by atoms with Crippen LogP contribution < -0.4 is 5.32 Å². The minimum absolute atomic E-state index is 0.0295. The van der Waals surface area contributed by atoms with Crippen LogP contribution in [0.5, 0.6) is 0 Å². The fourth-order valence-electron chi connectivity index (χ4n) is 3.19. The average Bonchev–Trinajstić information content (AvgIpc) is 2.64. The van der Waals surface area contributed by atoms with E-state index in [1.54, 1.807) is 0 Å². The van der Waals surface area contributed by atoms with Gasteiger partial charge in [-0.15, -0.1) is 0 Å². The van der Waals surface area contributed by atoms with Crippen LogP contribution in [0.15, 0.2) is 23.1 Å². The highest BCUT2D eigenvalue weighted by Gasteiger charge is 2.47. The van der Waals surface area contributed by atoms with Gasteiger partial charge in [0.25, 0.3) is 15.5 Å². The normalized spacial score (nSPS) is 17.3. The number of anilines is 1. The first-order valence-electron chi connectivity index (χ1n) is 9.09. The first kappa shape index (κ1) is 23.4. The molecule has 2 rings (SSSR count). The van der Waals surface area contributed by atoms with Gasteiger partial charge in [0.1, 0.15) is 5.69 Å². The molecule has 1 aromatic carbocycles. The van der Waals surface area contributed by atoms with E-state index in [2.05, 4.69) is 10.2 Å². The number of rotatable bonds is 8. The highest BCUT2D eigenvalue weighted by molar-refractivity contribution is 7.92. The van der Waals surface area contributed by atoms with Gasteiger partial charge in [-0.2, -0.15) is 13.2 Å². The van der Waals surface area contributed by atoms with Crippen molar-refractivity contribution in [1.82, 2.24) is 4.90 Å². The summed E-state index contributed by atoms with van der Waals surface area (Å²) in [5.41, 5.74) is -6.28. The maximum absolute atomic E-state index is 12.7. The summed E-state index contributed by atoms with van der Waals surface area (Å²) in [6, 6.07) is 2.21. The molecule has 0 aliphatic carbocycles. The Bertz CT molecular complexity index is 824. The number of nitrogens with one attached hydrogen (secondary N) is 1. The maximum Gasteiger partial charge on any atom is 0.501 e. The Morgan fingerprint density at radius 3 is 2.41 bits per heavy atom. The van der Waals surface area contributed by atoms with Crippen molar-refractivity contribution in [2.24, 2.45) is 5.92 Å². The van der Waals surface area contributed by atoms with Gasteiger partial charge in [0, 0.05) is 31.7 Å². The van der Waals surface area contributed by atoms with Crippen molar-refractivity contribution in [3.8, 4) is 0 Å². The number of hydrogen-bond donors (Lipinski definition) is 1. The van der Waals surface area contributed by atoms with Crippen molar-refractivity contribution < 1.29 is 31.2 Å². The van der Waals surface area contributed by atoms with Gasteiger partial charge in [-0.1, -0.05) is 13.8 Å². The predicted octanol–water partition coefficient (Wildman–Crippen LogP) is 3.05. The van der Waals surface area contributed by atoms with E-state index in [9.17, 15) is 31.7 Å². The third-order valence-electron chi connectivity index (χ3n) is 4.61. The molecule has 0 saturated carbocycles. The van der Waals surface area contributed by atoms with E-state index in [1.807, 2.05) is 13.8 Å². The first-order valence-corrected chi connectivity index (χ1v) is 10.6. The van der Waals surface area contributed by atoms with Crippen molar-refractivity contribution in [1.29, 1.82) is 0 Å². The number of morpholine rings is 1. The topological polar surface area (TPSA) is 102 Å². The molecule has 1 fully saturated rings. The van der Waals surface area contributed by atoms with Gasteiger partial charge in [0.05, 0.1) is 23.0 Å². The predicted molar refractivity (Wildman–Crippen MR) is 100 cm³/mol. The number of hydrogen-bond acceptors (Lipinski definition) is 7. The molecule has 0 aromatic heterocycles. The van der Waals surface area contributed by atoms with Crippen LogP contribution in [0.2, 0.25) is 0 Å². The van der Waals surface area contributed by atoms with E-state index in [4.69, 9.17) is 4.74 Å². The van der Waals surface area contributed by atoms with Crippen LogP contribution in [-0.2, 0) is 14.6 Å². The number of nitrogens with zero attached hydrogens (tertiary/aromatic N) is 2. The fourth-order valence-corrected chi connectivity index (χ4v) is 3.97. The zero-order chi connectivity index (χ0) is 21.8. The molecule has 29 heavy (non-hydrogen) atoms. The summed E-state index contributed by atoms with van der Waals surface area (Å²) in [5, 5.41) is 14.3. The minimum Gasteiger partial charge on any atom is -0.379 e. The Balaban J connectivity index is 2.25. The monoisotopic (exact) mass is 439 g/mol. The van der Waals surface area contributed by atoms with Crippen molar-refractivity contribution in [3.05, 3.63) is 28.3 Å². The molecule has 12 heteroatoms. The molecular weight excluding hydrogens is 415 g/mol. The highest BCUT2D eigenvalue weighted by Crippen LogP contribution is 2.34. The number of halogens is 3. The quantitative estimate of drug-likeness (QED) is 0.491. The molecule has 1 atom stereocenters. The maximum atomic E-state index is 12.7. The largest absolute Gasteiger partial charge is 0.501 e. The summed E-state index contributed by atoms with van der Waals surface area (Å²) in [7, 11) is -5.67. The van der Waals surface area contributed by atoms with Crippen LogP contribution in [0.1, 0.15) is 20.3 Å².